The Bertz CT molecular complexity index is 640. The number of thiophene rings is 1. The first-order valence-corrected chi connectivity index (χ1v) is 7.91. The van der Waals surface area contributed by atoms with Crippen LogP contribution in [0.4, 0.5) is 0 Å². The fourth-order valence-corrected chi connectivity index (χ4v) is 3.08. The Balaban J connectivity index is 1.76. The van der Waals surface area contributed by atoms with E-state index in [-0.39, 0.29) is 0 Å². The highest BCUT2D eigenvalue weighted by Crippen LogP contribution is 2.18. The van der Waals surface area contributed by atoms with Gasteiger partial charge in [0.1, 0.15) is 16.7 Å². The zero-order valence-corrected chi connectivity index (χ0v) is 13.3. The number of aromatic nitrogens is 2. The van der Waals surface area contributed by atoms with Crippen LogP contribution in [-0.4, -0.2) is 14.5 Å². The van der Waals surface area contributed by atoms with Crippen LogP contribution in [0.2, 0.25) is 5.15 Å². The van der Waals surface area contributed by atoms with Crippen molar-refractivity contribution in [2.75, 3.05) is 0 Å². The maximum absolute atomic E-state index is 6.06. The molecule has 0 unspecified atom stereocenters. The lowest BCUT2D eigenvalue weighted by Crippen LogP contribution is -2.23. The van der Waals surface area contributed by atoms with Crippen molar-refractivity contribution in [2.24, 2.45) is 7.05 Å². The Morgan fingerprint density at radius 3 is 2.81 bits per heavy atom. The highest BCUT2D eigenvalue weighted by molar-refractivity contribution is 7.09. The third kappa shape index (κ3) is 3.56. The molecular weight excluding hydrogens is 306 g/mol. The molecule has 0 aliphatic heterocycles. The number of imidazole rings is 1. The van der Waals surface area contributed by atoms with E-state index in [1.54, 1.807) is 23.8 Å². The van der Waals surface area contributed by atoms with Crippen LogP contribution in [0.1, 0.15) is 16.5 Å². The minimum absolute atomic E-state index is 0.652. The van der Waals surface area contributed by atoms with Gasteiger partial charge in [-0.15, -0.1) is 11.3 Å². The van der Waals surface area contributed by atoms with Crippen molar-refractivity contribution in [1.29, 1.82) is 0 Å². The van der Waals surface area contributed by atoms with Gasteiger partial charge in [-0.3, -0.25) is 4.90 Å². The van der Waals surface area contributed by atoms with Gasteiger partial charge in [0.2, 0.25) is 0 Å². The maximum atomic E-state index is 6.06. The SMILES string of the molecule is Cn1c(Cl)cnc1CN(Cc1ccco1)Cc1cccs1. The molecule has 0 bridgehead atoms. The van der Waals surface area contributed by atoms with Crippen LogP contribution in [0.5, 0.6) is 0 Å². The molecule has 3 aromatic heterocycles. The second-order valence-corrected chi connectivity index (χ2v) is 6.28. The van der Waals surface area contributed by atoms with Gasteiger partial charge in [0.25, 0.3) is 0 Å². The highest BCUT2D eigenvalue weighted by Gasteiger charge is 2.14. The zero-order chi connectivity index (χ0) is 14.7. The molecule has 0 amide bonds. The van der Waals surface area contributed by atoms with Gasteiger partial charge in [0.05, 0.1) is 25.5 Å². The van der Waals surface area contributed by atoms with Crippen LogP contribution < -0.4 is 0 Å². The Hall–Kier alpha value is -1.56. The van der Waals surface area contributed by atoms with E-state index in [9.17, 15) is 0 Å². The van der Waals surface area contributed by atoms with Crippen LogP contribution in [0.15, 0.2) is 46.5 Å². The predicted octanol–water partition coefficient (Wildman–Crippen LogP) is 3.93. The molecule has 21 heavy (non-hydrogen) atoms. The van der Waals surface area contributed by atoms with E-state index in [1.807, 2.05) is 23.7 Å². The van der Waals surface area contributed by atoms with Gasteiger partial charge in [-0.25, -0.2) is 4.98 Å². The Morgan fingerprint density at radius 2 is 2.19 bits per heavy atom. The summed E-state index contributed by atoms with van der Waals surface area (Å²) in [6.45, 7) is 2.33. The number of rotatable bonds is 6. The maximum Gasteiger partial charge on any atom is 0.128 e. The number of nitrogens with zero attached hydrogens (tertiary/aromatic N) is 3. The Labute approximate surface area is 132 Å². The van der Waals surface area contributed by atoms with Gasteiger partial charge in [-0.2, -0.15) is 0 Å². The van der Waals surface area contributed by atoms with Gasteiger partial charge in [-0.1, -0.05) is 17.7 Å². The fraction of sp³-hybridized carbons (Fsp3) is 0.267. The summed E-state index contributed by atoms with van der Waals surface area (Å²) < 4.78 is 7.37. The van der Waals surface area contributed by atoms with Crippen molar-refractivity contribution in [3.05, 3.63) is 63.7 Å². The molecule has 110 valence electrons. The van der Waals surface area contributed by atoms with E-state index >= 15 is 0 Å². The van der Waals surface area contributed by atoms with Gasteiger partial charge in [-0.05, 0) is 23.6 Å². The summed E-state index contributed by atoms with van der Waals surface area (Å²) in [5, 5.41) is 2.75. The zero-order valence-electron chi connectivity index (χ0n) is 11.7. The topological polar surface area (TPSA) is 34.2 Å². The molecule has 3 heterocycles. The fourth-order valence-electron chi connectivity index (χ4n) is 2.18. The number of halogens is 1. The van der Waals surface area contributed by atoms with Gasteiger partial charge in [0.15, 0.2) is 0 Å². The van der Waals surface area contributed by atoms with Crippen molar-refractivity contribution >= 4 is 22.9 Å². The molecule has 0 radical (unpaired) electrons. The van der Waals surface area contributed by atoms with Crippen LogP contribution in [-0.2, 0) is 26.7 Å². The first-order chi connectivity index (χ1) is 10.2. The third-order valence-corrected chi connectivity index (χ3v) is 4.52. The minimum atomic E-state index is 0.652. The summed E-state index contributed by atoms with van der Waals surface area (Å²) in [6, 6.07) is 8.12. The molecule has 0 spiro atoms. The summed E-state index contributed by atoms with van der Waals surface area (Å²) in [5.41, 5.74) is 0. The largest absolute Gasteiger partial charge is 0.468 e. The van der Waals surface area contributed by atoms with Gasteiger partial charge in [0, 0.05) is 18.5 Å². The molecule has 0 aromatic carbocycles. The predicted molar refractivity (Wildman–Crippen MR) is 84.2 cm³/mol. The molecule has 0 saturated heterocycles. The molecule has 4 nitrogen and oxygen atoms in total. The Kier molecular flexibility index (Phi) is 4.43. The van der Waals surface area contributed by atoms with Crippen molar-refractivity contribution < 1.29 is 4.42 Å². The van der Waals surface area contributed by atoms with Gasteiger partial charge >= 0.3 is 0 Å². The lowest BCUT2D eigenvalue weighted by Gasteiger charge is -2.20. The van der Waals surface area contributed by atoms with Gasteiger partial charge < -0.3 is 8.98 Å². The van der Waals surface area contributed by atoms with Crippen LogP contribution in [0.3, 0.4) is 0 Å². The van der Waals surface area contributed by atoms with Crippen molar-refractivity contribution in [1.82, 2.24) is 14.5 Å². The van der Waals surface area contributed by atoms with E-state index in [0.717, 1.165) is 31.2 Å². The average molecular weight is 322 g/mol. The number of hydrogen-bond acceptors (Lipinski definition) is 4. The van der Waals surface area contributed by atoms with Crippen LogP contribution in [0, 0.1) is 0 Å². The van der Waals surface area contributed by atoms with E-state index < -0.39 is 0 Å². The molecule has 3 aromatic rings. The molecule has 0 fully saturated rings. The molecule has 0 N–H and O–H groups in total. The first-order valence-electron chi connectivity index (χ1n) is 6.65. The summed E-state index contributed by atoms with van der Waals surface area (Å²) in [5.74, 6) is 1.90. The molecule has 0 aliphatic rings. The summed E-state index contributed by atoms with van der Waals surface area (Å²) in [6.07, 6.45) is 3.39. The smallest absolute Gasteiger partial charge is 0.128 e. The van der Waals surface area contributed by atoms with Crippen LogP contribution in [0.25, 0.3) is 0 Å². The summed E-state index contributed by atoms with van der Waals surface area (Å²) >= 11 is 7.82. The molecule has 3 rings (SSSR count). The van der Waals surface area contributed by atoms with E-state index in [4.69, 9.17) is 16.0 Å². The average Bonchev–Trinajstić information content (AvgIpc) is 3.19. The standard InChI is InChI=1S/C15H16ClN3OS/c1-18-14(16)8-17-15(18)11-19(9-12-4-2-6-20-12)10-13-5-3-7-21-13/h2-8H,9-11H2,1H3. The number of furan rings is 1. The Morgan fingerprint density at radius 1 is 1.29 bits per heavy atom. The molecule has 0 saturated carbocycles. The normalized spacial score (nSPS) is 11.4. The third-order valence-electron chi connectivity index (χ3n) is 3.31. The van der Waals surface area contributed by atoms with Crippen molar-refractivity contribution in [2.45, 2.75) is 19.6 Å². The highest BCUT2D eigenvalue weighted by atomic mass is 35.5. The molecule has 6 heteroatoms. The van der Waals surface area contributed by atoms with Crippen molar-refractivity contribution in [3.63, 3.8) is 0 Å². The van der Waals surface area contributed by atoms with E-state index in [1.165, 1.54) is 4.88 Å². The summed E-state index contributed by atoms with van der Waals surface area (Å²) in [4.78, 5) is 7.99. The summed E-state index contributed by atoms with van der Waals surface area (Å²) in [7, 11) is 1.93. The lowest BCUT2D eigenvalue weighted by molar-refractivity contribution is 0.221. The first kappa shape index (κ1) is 14.4. The van der Waals surface area contributed by atoms with E-state index in [2.05, 4.69) is 27.4 Å². The monoisotopic (exact) mass is 321 g/mol. The van der Waals surface area contributed by atoms with Crippen molar-refractivity contribution in [3.8, 4) is 0 Å². The minimum Gasteiger partial charge on any atom is -0.468 e. The van der Waals surface area contributed by atoms with E-state index in [0.29, 0.717) is 5.15 Å². The lowest BCUT2D eigenvalue weighted by atomic mass is 10.3. The number of hydrogen-bond donors (Lipinski definition) is 0. The molecule has 0 aliphatic carbocycles. The molecular formula is C15H16ClN3OS. The molecule has 0 atom stereocenters. The van der Waals surface area contributed by atoms with Crippen LogP contribution >= 0.6 is 22.9 Å². The quantitative estimate of drug-likeness (QED) is 0.690. The second kappa shape index (κ2) is 6.47. The second-order valence-electron chi connectivity index (χ2n) is 4.86.